The second kappa shape index (κ2) is 12.3. The van der Waals surface area contributed by atoms with Gasteiger partial charge in [0, 0.05) is 11.7 Å². The fourth-order valence-electron chi connectivity index (χ4n) is 4.94. The number of amides is 3. The largest absolute Gasteiger partial charge is 0.494 e. The Morgan fingerprint density at radius 2 is 1.79 bits per heavy atom. The van der Waals surface area contributed by atoms with Crippen LogP contribution in [0, 0.1) is 13.8 Å². The number of nitrogen functional groups attached to an aromatic ring is 1. The van der Waals surface area contributed by atoms with Crippen LogP contribution >= 0.6 is 11.5 Å². The molecular weight excluding hydrogens is 514 g/mol. The first-order valence-corrected chi connectivity index (χ1v) is 14.0. The Balaban J connectivity index is 1.87. The van der Waals surface area contributed by atoms with Gasteiger partial charge in [-0.1, -0.05) is 43.5 Å². The molecule has 10 heteroatoms. The predicted molar refractivity (Wildman–Crippen MR) is 153 cm³/mol. The Morgan fingerprint density at radius 3 is 2.41 bits per heavy atom. The smallest absolute Gasteiger partial charge is 0.273 e. The number of benzene rings is 2. The fourth-order valence-corrected chi connectivity index (χ4v) is 5.68. The van der Waals surface area contributed by atoms with E-state index in [1.807, 2.05) is 39.0 Å². The Kier molecular flexibility index (Phi) is 8.86. The van der Waals surface area contributed by atoms with Crippen molar-refractivity contribution in [3.05, 3.63) is 69.7 Å². The highest BCUT2D eigenvalue weighted by Crippen LogP contribution is 2.36. The number of hydrogen-bond acceptors (Lipinski definition) is 7. The van der Waals surface area contributed by atoms with Gasteiger partial charge in [-0.25, -0.2) is 0 Å². The van der Waals surface area contributed by atoms with E-state index in [2.05, 4.69) is 9.69 Å². The average molecular weight is 550 g/mol. The lowest BCUT2D eigenvalue weighted by atomic mass is 9.94. The van der Waals surface area contributed by atoms with Crippen LogP contribution in [0.3, 0.4) is 0 Å². The summed E-state index contributed by atoms with van der Waals surface area (Å²) in [6.07, 6.45) is 5.03. The summed E-state index contributed by atoms with van der Waals surface area (Å²) in [5.74, 6) is -0.989. The van der Waals surface area contributed by atoms with Crippen LogP contribution in [0.5, 0.6) is 5.75 Å². The molecule has 1 atom stereocenters. The molecule has 1 aromatic heterocycles. The number of primary amides is 1. The molecule has 0 spiro atoms. The van der Waals surface area contributed by atoms with E-state index < -0.39 is 17.9 Å². The van der Waals surface area contributed by atoms with Gasteiger partial charge in [-0.05, 0) is 80.0 Å². The lowest BCUT2D eigenvalue weighted by molar-refractivity contribution is -0.123. The quantitative estimate of drug-likeness (QED) is 0.354. The molecule has 3 amide bonds. The van der Waals surface area contributed by atoms with E-state index in [-0.39, 0.29) is 28.2 Å². The number of rotatable bonds is 9. The summed E-state index contributed by atoms with van der Waals surface area (Å²) in [5, 5.41) is 3.20. The summed E-state index contributed by atoms with van der Waals surface area (Å²) in [6.45, 7) is 6.21. The summed E-state index contributed by atoms with van der Waals surface area (Å²) in [5.41, 5.74) is 14.3. The molecule has 0 bridgehead atoms. The zero-order chi connectivity index (χ0) is 28.1. The van der Waals surface area contributed by atoms with Crippen molar-refractivity contribution in [2.45, 2.75) is 65.0 Å². The van der Waals surface area contributed by atoms with Crippen LogP contribution in [0.1, 0.15) is 81.9 Å². The first kappa shape index (κ1) is 28.1. The summed E-state index contributed by atoms with van der Waals surface area (Å²) in [4.78, 5) is 41.8. The number of carbonyl (C=O) groups is 3. The Bertz CT molecular complexity index is 1350. The Labute approximate surface area is 232 Å². The molecule has 1 fully saturated rings. The molecule has 39 heavy (non-hydrogen) atoms. The van der Waals surface area contributed by atoms with Crippen LogP contribution in [-0.4, -0.2) is 34.7 Å². The van der Waals surface area contributed by atoms with Crippen molar-refractivity contribution in [1.82, 2.24) is 9.69 Å². The molecule has 1 aliphatic carbocycles. The zero-order valence-electron chi connectivity index (χ0n) is 22.5. The SMILES string of the molecule is CCOc1ccc([C@H](C(=O)NC2CCCCC2)N(C(=O)c2snc(C(N)=O)c2N)c2cc(C)ccc2C)cc1. The highest BCUT2D eigenvalue weighted by molar-refractivity contribution is 7.09. The number of nitrogens with one attached hydrogen (secondary N) is 1. The highest BCUT2D eigenvalue weighted by atomic mass is 32.1. The van der Waals surface area contributed by atoms with Gasteiger partial charge in [-0.15, -0.1) is 0 Å². The van der Waals surface area contributed by atoms with Gasteiger partial charge in [0.1, 0.15) is 16.7 Å². The van der Waals surface area contributed by atoms with Gasteiger partial charge in [0.2, 0.25) is 5.91 Å². The predicted octanol–water partition coefficient (Wildman–Crippen LogP) is 4.68. The topological polar surface area (TPSA) is 141 Å². The monoisotopic (exact) mass is 549 g/mol. The van der Waals surface area contributed by atoms with Crippen molar-refractivity contribution in [2.75, 3.05) is 17.2 Å². The lowest BCUT2D eigenvalue weighted by Gasteiger charge is -2.34. The molecule has 0 radical (unpaired) electrons. The average Bonchev–Trinajstić information content (AvgIpc) is 3.31. The van der Waals surface area contributed by atoms with Crippen molar-refractivity contribution in [3.8, 4) is 5.75 Å². The molecule has 0 aliphatic heterocycles. The van der Waals surface area contributed by atoms with Gasteiger partial charge < -0.3 is 21.5 Å². The summed E-state index contributed by atoms with van der Waals surface area (Å²) < 4.78 is 9.64. The van der Waals surface area contributed by atoms with Crippen molar-refractivity contribution in [1.29, 1.82) is 0 Å². The van der Waals surface area contributed by atoms with E-state index in [1.165, 1.54) is 4.90 Å². The molecule has 3 aromatic rings. The minimum atomic E-state index is -1.02. The molecular formula is C29H35N5O4S. The van der Waals surface area contributed by atoms with Gasteiger partial charge in [0.15, 0.2) is 5.69 Å². The van der Waals surface area contributed by atoms with E-state index in [4.69, 9.17) is 16.2 Å². The first-order chi connectivity index (χ1) is 18.7. The second-order valence-corrected chi connectivity index (χ2v) is 10.6. The van der Waals surface area contributed by atoms with Crippen LogP contribution in [0.4, 0.5) is 11.4 Å². The minimum absolute atomic E-state index is 0.0296. The highest BCUT2D eigenvalue weighted by Gasteiger charge is 2.37. The van der Waals surface area contributed by atoms with Crippen LogP contribution in [0.2, 0.25) is 0 Å². The standard InChI is InChI=1S/C29H35N5O4S/c1-4-38-21-14-12-19(13-15-21)25(28(36)32-20-8-6-5-7-9-20)34(22-16-17(2)10-11-18(22)3)29(37)26-23(30)24(27(31)35)33-39-26/h10-16,20,25H,4-9,30H2,1-3H3,(H2,31,35)(H,32,36)/t25-/m1/s1. The third-order valence-electron chi connectivity index (χ3n) is 6.96. The maximum Gasteiger partial charge on any atom is 0.273 e. The third kappa shape index (κ3) is 6.22. The molecule has 0 unspecified atom stereocenters. The van der Waals surface area contributed by atoms with E-state index in [9.17, 15) is 14.4 Å². The molecule has 206 valence electrons. The number of carbonyl (C=O) groups excluding carboxylic acids is 3. The van der Waals surface area contributed by atoms with Crippen molar-refractivity contribution < 1.29 is 19.1 Å². The number of nitrogens with two attached hydrogens (primary N) is 2. The molecule has 9 nitrogen and oxygen atoms in total. The van der Waals surface area contributed by atoms with Crippen LogP contribution in [0.25, 0.3) is 0 Å². The third-order valence-corrected chi connectivity index (χ3v) is 7.81. The summed E-state index contributed by atoms with van der Waals surface area (Å²) in [7, 11) is 0. The summed E-state index contributed by atoms with van der Waals surface area (Å²) in [6, 6.07) is 11.9. The zero-order valence-corrected chi connectivity index (χ0v) is 23.3. The number of aryl methyl sites for hydroxylation is 2. The van der Waals surface area contributed by atoms with E-state index in [0.717, 1.165) is 54.8 Å². The normalized spacial score (nSPS) is 14.4. The molecule has 5 N–H and O–H groups in total. The molecule has 0 saturated heterocycles. The molecule has 1 saturated carbocycles. The molecule has 4 rings (SSSR count). The van der Waals surface area contributed by atoms with Gasteiger partial charge in [-0.2, -0.15) is 4.37 Å². The lowest BCUT2D eigenvalue weighted by Crippen LogP contribution is -2.47. The van der Waals surface area contributed by atoms with Crippen molar-refractivity contribution in [2.24, 2.45) is 5.73 Å². The van der Waals surface area contributed by atoms with E-state index in [1.54, 1.807) is 24.3 Å². The Hall–Kier alpha value is -3.92. The minimum Gasteiger partial charge on any atom is -0.494 e. The molecule has 1 aliphatic rings. The maximum absolute atomic E-state index is 14.3. The van der Waals surface area contributed by atoms with Crippen molar-refractivity contribution in [3.63, 3.8) is 0 Å². The van der Waals surface area contributed by atoms with Crippen LogP contribution < -0.4 is 26.4 Å². The second-order valence-electron chi connectivity index (χ2n) is 9.85. The number of aromatic nitrogens is 1. The van der Waals surface area contributed by atoms with Gasteiger partial charge in [0.05, 0.1) is 12.3 Å². The van der Waals surface area contributed by atoms with Crippen LogP contribution in [-0.2, 0) is 4.79 Å². The number of nitrogens with zero attached hydrogens (tertiary/aromatic N) is 2. The number of hydrogen-bond donors (Lipinski definition) is 3. The molecule has 2 aromatic carbocycles. The Morgan fingerprint density at radius 1 is 1.10 bits per heavy atom. The number of ether oxygens (including phenoxy) is 1. The number of anilines is 2. The van der Waals surface area contributed by atoms with Crippen molar-refractivity contribution >= 4 is 40.6 Å². The first-order valence-electron chi connectivity index (χ1n) is 13.2. The van der Waals surface area contributed by atoms with Crippen LogP contribution in [0.15, 0.2) is 42.5 Å². The van der Waals surface area contributed by atoms with E-state index >= 15 is 0 Å². The van der Waals surface area contributed by atoms with Gasteiger partial charge in [0.25, 0.3) is 11.8 Å². The van der Waals surface area contributed by atoms with Gasteiger partial charge in [-0.3, -0.25) is 19.3 Å². The summed E-state index contributed by atoms with van der Waals surface area (Å²) >= 11 is 0.796. The van der Waals surface area contributed by atoms with Gasteiger partial charge >= 0.3 is 0 Å². The van der Waals surface area contributed by atoms with E-state index in [0.29, 0.717) is 23.6 Å². The fraction of sp³-hybridized carbons (Fsp3) is 0.379. The molecule has 1 heterocycles. The maximum atomic E-state index is 14.3.